The zero-order valence-corrected chi connectivity index (χ0v) is 24.3. The highest BCUT2D eigenvalue weighted by Gasteiger charge is 2.39. The van der Waals surface area contributed by atoms with Crippen LogP contribution in [-0.2, 0) is 12.5 Å². The molecule has 4 aromatic rings. The Morgan fingerprint density at radius 2 is 1.84 bits per heavy atom. The molecule has 0 unspecified atom stereocenters. The van der Waals surface area contributed by atoms with Gasteiger partial charge in [-0.3, -0.25) is 9.59 Å². The number of amides is 1. The van der Waals surface area contributed by atoms with Gasteiger partial charge in [-0.2, -0.15) is 0 Å². The van der Waals surface area contributed by atoms with E-state index in [2.05, 4.69) is 15.3 Å². The van der Waals surface area contributed by atoms with Gasteiger partial charge in [-0.05, 0) is 65.3 Å². The summed E-state index contributed by atoms with van der Waals surface area (Å²) >= 11 is 1.49. The van der Waals surface area contributed by atoms with Crippen LogP contribution in [0.15, 0.2) is 35.3 Å². The standard InChI is InChI=1S/C29H36N4O4S/c1-15(2)30-26(34)20-12-18-19(14-33(9)27(35)24(18)32-20)25-21(37-23-11-16(3)10-17(4)31-23)13-22(38-25)28(5,6)29(7,8)36/h10-15,32,36H,1-9H3,(H,30,34). The molecule has 0 aromatic carbocycles. The average molecular weight is 537 g/mol. The van der Waals surface area contributed by atoms with Gasteiger partial charge in [0.1, 0.15) is 17.0 Å². The summed E-state index contributed by atoms with van der Waals surface area (Å²) in [5.74, 6) is 0.741. The van der Waals surface area contributed by atoms with Crippen molar-refractivity contribution >= 4 is 28.1 Å². The molecule has 0 aliphatic rings. The van der Waals surface area contributed by atoms with Crippen molar-refractivity contribution in [3.8, 4) is 22.1 Å². The van der Waals surface area contributed by atoms with Gasteiger partial charge in [-0.25, -0.2) is 4.98 Å². The van der Waals surface area contributed by atoms with Gasteiger partial charge in [0.05, 0.1) is 10.5 Å². The van der Waals surface area contributed by atoms with Gasteiger partial charge in [-0.1, -0.05) is 13.8 Å². The molecule has 4 rings (SSSR count). The summed E-state index contributed by atoms with van der Waals surface area (Å²) in [5, 5.41) is 14.5. The zero-order valence-electron chi connectivity index (χ0n) is 23.4. The molecule has 1 amide bonds. The van der Waals surface area contributed by atoms with E-state index in [9.17, 15) is 14.7 Å². The molecule has 0 bridgehead atoms. The Labute approximate surface area is 226 Å². The first-order valence-corrected chi connectivity index (χ1v) is 13.4. The number of fused-ring (bicyclic) bond motifs is 1. The Kier molecular flexibility index (Phi) is 7.05. The van der Waals surface area contributed by atoms with Crippen LogP contribution in [-0.4, -0.2) is 37.2 Å². The molecular weight excluding hydrogens is 500 g/mol. The number of carbonyl (C=O) groups is 1. The fourth-order valence-corrected chi connectivity index (χ4v) is 5.56. The summed E-state index contributed by atoms with van der Waals surface area (Å²) in [6.07, 6.45) is 1.76. The Bertz CT molecular complexity index is 1560. The number of thiophene rings is 1. The summed E-state index contributed by atoms with van der Waals surface area (Å²) in [6.45, 7) is 15.2. The van der Waals surface area contributed by atoms with E-state index in [4.69, 9.17) is 4.74 Å². The fourth-order valence-electron chi connectivity index (χ4n) is 4.19. The zero-order chi connectivity index (χ0) is 28.2. The average Bonchev–Trinajstić information content (AvgIpc) is 3.40. The molecule has 3 N–H and O–H groups in total. The highest BCUT2D eigenvalue weighted by atomic mass is 32.1. The van der Waals surface area contributed by atoms with Crippen LogP contribution in [0.4, 0.5) is 0 Å². The highest BCUT2D eigenvalue weighted by Crippen LogP contribution is 2.48. The van der Waals surface area contributed by atoms with E-state index in [-0.39, 0.29) is 17.5 Å². The van der Waals surface area contributed by atoms with Crippen molar-refractivity contribution < 1.29 is 14.6 Å². The molecule has 0 radical (unpaired) electrons. The molecule has 8 nitrogen and oxygen atoms in total. The first-order valence-electron chi connectivity index (χ1n) is 12.6. The summed E-state index contributed by atoms with van der Waals surface area (Å²) in [7, 11) is 1.68. The Morgan fingerprint density at radius 1 is 1.16 bits per heavy atom. The van der Waals surface area contributed by atoms with Gasteiger partial charge in [0, 0.05) is 52.3 Å². The van der Waals surface area contributed by atoms with Crippen LogP contribution < -0.4 is 15.6 Å². The van der Waals surface area contributed by atoms with Crippen molar-refractivity contribution in [2.75, 3.05) is 0 Å². The van der Waals surface area contributed by atoms with Gasteiger partial charge in [-0.15, -0.1) is 11.3 Å². The Hall–Kier alpha value is -3.43. The molecule has 4 aromatic heterocycles. The molecule has 0 saturated carbocycles. The predicted octanol–water partition coefficient (Wildman–Crippen LogP) is 5.59. The van der Waals surface area contributed by atoms with E-state index in [1.807, 2.05) is 59.7 Å². The Balaban J connectivity index is 1.97. The first-order chi connectivity index (χ1) is 17.6. The predicted molar refractivity (Wildman–Crippen MR) is 153 cm³/mol. The number of rotatable bonds is 7. The van der Waals surface area contributed by atoms with E-state index in [0.29, 0.717) is 28.2 Å². The van der Waals surface area contributed by atoms with Crippen LogP contribution in [0.1, 0.15) is 68.2 Å². The number of nitrogens with zero attached hydrogens (tertiary/aromatic N) is 2. The lowest BCUT2D eigenvalue weighted by atomic mass is 9.76. The number of pyridine rings is 2. The topological polar surface area (TPSA) is 109 Å². The minimum atomic E-state index is -1.01. The molecule has 9 heteroatoms. The van der Waals surface area contributed by atoms with Crippen LogP contribution in [0.5, 0.6) is 11.6 Å². The number of aromatic amines is 1. The second kappa shape index (κ2) is 9.71. The molecule has 0 saturated heterocycles. The first kappa shape index (κ1) is 27.6. The lowest BCUT2D eigenvalue weighted by Crippen LogP contribution is -2.41. The van der Waals surface area contributed by atoms with Crippen LogP contribution in [0.25, 0.3) is 21.3 Å². The van der Waals surface area contributed by atoms with Crippen LogP contribution in [0.2, 0.25) is 0 Å². The molecule has 0 aliphatic heterocycles. The summed E-state index contributed by atoms with van der Waals surface area (Å²) in [5.41, 5.74) is 1.39. The number of nitrogens with one attached hydrogen (secondary N) is 2. The van der Waals surface area contributed by atoms with Crippen molar-refractivity contribution in [2.24, 2.45) is 7.05 Å². The number of aryl methyl sites for hydroxylation is 3. The molecule has 0 spiro atoms. The van der Waals surface area contributed by atoms with Crippen molar-refractivity contribution in [3.63, 3.8) is 0 Å². The van der Waals surface area contributed by atoms with Gasteiger partial charge in [0.2, 0.25) is 5.88 Å². The number of ether oxygens (including phenoxy) is 1. The van der Waals surface area contributed by atoms with E-state index in [0.717, 1.165) is 26.6 Å². The van der Waals surface area contributed by atoms with E-state index >= 15 is 0 Å². The number of hydrogen-bond acceptors (Lipinski definition) is 6. The second-order valence-electron chi connectivity index (χ2n) is 11.3. The maximum absolute atomic E-state index is 13.0. The molecule has 0 fully saturated rings. The summed E-state index contributed by atoms with van der Waals surface area (Å²) < 4.78 is 7.88. The second-order valence-corrected chi connectivity index (χ2v) is 12.3. The van der Waals surface area contributed by atoms with Crippen molar-refractivity contribution in [3.05, 3.63) is 62.6 Å². The van der Waals surface area contributed by atoms with E-state index in [1.165, 1.54) is 15.9 Å². The minimum Gasteiger partial charge on any atom is -0.437 e. The number of H-pyrrole nitrogens is 1. The molecule has 202 valence electrons. The third-order valence-electron chi connectivity index (χ3n) is 7.01. The maximum atomic E-state index is 13.0. The van der Waals surface area contributed by atoms with E-state index in [1.54, 1.807) is 33.2 Å². The lowest BCUT2D eigenvalue weighted by Gasteiger charge is -2.36. The fraction of sp³-hybridized carbons (Fsp3) is 0.414. The lowest BCUT2D eigenvalue weighted by molar-refractivity contribution is 0.0112. The van der Waals surface area contributed by atoms with Gasteiger partial charge >= 0.3 is 0 Å². The molecule has 38 heavy (non-hydrogen) atoms. The minimum absolute atomic E-state index is 0.0505. The summed E-state index contributed by atoms with van der Waals surface area (Å²) in [6, 6.07) is 7.45. The normalized spacial score (nSPS) is 12.4. The Morgan fingerprint density at radius 3 is 2.45 bits per heavy atom. The number of hydrogen-bond donors (Lipinski definition) is 3. The van der Waals surface area contributed by atoms with E-state index < -0.39 is 11.0 Å². The van der Waals surface area contributed by atoms with Gasteiger partial charge < -0.3 is 24.7 Å². The van der Waals surface area contributed by atoms with Crippen molar-refractivity contribution in [1.82, 2.24) is 19.9 Å². The maximum Gasteiger partial charge on any atom is 0.274 e. The molecular formula is C29H36N4O4S. The number of carbonyl (C=O) groups excluding carboxylic acids is 1. The molecule has 4 heterocycles. The molecule has 0 aliphatic carbocycles. The smallest absolute Gasteiger partial charge is 0.274 e. The largest absolute Gasteiger partial charge is 0.437 e. The number of aliphatic hydroxyl groups is 1. The third kappa shape index (κ3) is 5.13. The van der Waals surface area contributed by atoms with Gasteiger partial charge in [0.25, 0.3) is 11.5 Å². The summed E-state index contributed by atoms with van der Waals surface area (Å²) in [4.78, 5) is 35.1. The third-order valence-corrected chi connectivity index (χ3v) is 8.48. The number of aromatic nitrogens is 3. The SMILES string of the molecule is Cc1cc(C)nc(Oc2cc(C(C)(C)C(C)(C)O)sc2-c2cn(C)c(=O)c3[nH]c(C(=O)NC(C)C)cc23)c1. The van der Waals surface area contributed by atoms with Crippen LogP contribution >= 0.6 is 11.3 Å². The van der Waals surface area contributed by atoms with Crippen LogP contribution in [0, 0.1) is 13.8 Å². The quantitative estimate of drug-likeness (QED) is 0.285. The van der Waals surface area contributed by atoms with Gasteiger partial charge in [0.15, 0.2) is 0 Å². The highest BCUT2D eigenvalue weighted by molar-refractivity contribution is 7.16. The van der Waals surface area contributed by atoms with Crippen molar-refractivity contribution in [1.29, 1.82) is 0 Å². The van der Waals surface area contributed by atoms with Crippen LogP contribution in [0.3, 0.4) is 0 Å². The molecule has 0 atom stereocenters. The van der Waals surface area contributed by atoms with Crippen molar-refractivity contribution in [2.45, 2.75) is 72.4 Å². The monoisotopic (exact) mass is 536 g/mol.